The lowest BCUT2D eigenvalue weighted by Gasteiger charge is -2.48. The smallest absolute Gasteiger partial charge is 0.243 e. The van der Waals surface area contributed by atoms with E-state index in [4.69, 9.17) is 0 Å². The first-order chi connectivity index (χ1) is 8.91. The molecule has 0 saturated carbocycles. The number of fused-ring (bicyclic) bond motifs is 1. The van der Waals surface area contributed by atoms with Crippen LogP contribution >= 0.6 is 16.1 Å². The maximum Gasteiger partial charge on any atom is 0.243 e. The van der Waals surface area contributed by atoms with Crippen LogP contribution in [0.4, 0.5) is 0 Å². The van der Waals surface area contributed by atoms with Gasteiger partial charge in [0, 0.05) is 6.61 Å². The molecule has 0 bridgehead atoms. The zero-order chi connectivity index (χ0) is 14.3. The van der Waals surface area contributed by atoms with E-state index in [1.807, 2.05) is 39.0 Å². The molecule has 1 heterocycles. The SMILES string of the molecule is CCC1(CCO)C(=O)N(Br)C(C)(C)c2ccccc21. The first-order valence-electron chi connectivity index (χ1n) is 6.63. The molecule has 0 spiro atoms. The molecule has 0 aromatic heterocycles. The van der Waals surface area contributed by atoms with Crippen molar-refractivity contribution >= 4 is 22.1 Å². The highest BCUT2D eigenvalue weighted by atomic mass is 79.9. The number of aliphatic hydroxyl groups is 1. The van der Waals surface area contributed by atoms with Gasteiger partial charge in [0.15, 0.2) is 0 Å². The summed E-state index contributed by atoms with van der Waals surface area (Å²) in [6, 6.07) is 8.05. The molecule has 0 radical (unpaired) electrons. The highest BCUT2D eigenvalue weighted by Crippen LogP contribution is 2.48. The molecule has 1 atom stereocenters. The lowest BCUT2D eigenvalue weighted by atomic mass is 9.67. The van der Waals surface area contributed by atoms with Gasteiger partial charge in [-0.15, -0.1) is 0 Å². The van der Waals surface area contributed by atoms with Crippen LogP contribution in [-0.4, -0.2) is 21.5 Å². The summed E-state index contributed by atoms with van der Waals surface area (Å²) in [7, 11) is 0. The normalized spacial score (nSPS) is 25.3. The van der Waals surface area contributed by atoms with Crippen molar-refractivity contribution in [2.75, 3.05) is 6.61 Å². The number of amides is 1. The molecule has 1 N–H and O–H groups in total. The predicted molar refractivity (Wildman–Crippen MR) is 78.9 cm³/mol. The lowest BCUT2D eigenvalue weighted by molar-refractivity contribution is -0.137. The molecule has 1 aromatic rings. The third kappa shape index (κ3) is 1.93. The minimum atomic E-state index is -0.621. The van der Waals surface area contributed by atoms with Gasteiger partial charge >= 0.3 is 0 Å². The van der Waals surface area contributed by atoms with E-state index in [0.29, 0.717) is 12.8 Å². The quantitative estimate of drug-likeness (QED) is 0.867. The minimum absolute atomic E-state index is 0.00911. The third-order valence-corrected chi connectivity index (χ3v) is 5.53. The van der Waals surface area contributed by atoms with Crippen LogP contribution in [0.3, 0.4) is 0 Å². The number of benzene rings is 1. The average Bonchev–Trinajstić information content (AvgIpc) is 2.42. The average molecular weight is 326 g/mol. The van der Waals surface area contributed by atoms with Crippen LogP contribution in [0.2, 0.25) is 0 Å². The molecule has 0 aliphatic carbocycles. The van der Waals surface area contributed by atoms with Crippen LogP contribution in [0.15, 0.2) is 24.3 Å². The highest BCUT2D eigenvalue weighted by molar-refractivity contribution is 9.07. The van der Waals surface area contributed by atoms with Crippen LogP contribution in [0.5, 0.6) is 0 Å². The second-order valence-electron chi connectivity index (χ2n) is 5.60. The van der Waals surface area contributed by atoms with E-state index in [1.54, 1.807) is 3.93 Å². The fraction of sp³-hybridized carbons (Fsp3) is 0.533. The van der Waals surface area contributed by atoms with E-state index in [1.165, 1.54) is 0 Å². The molecule has 1 amide bonds. The van der Waals surface area contributed by atoms with E-state index in [9.17, 15) is 9.90 Å². The molecule has 0 fully saturated rings. The van der Waals surface area contributed by atoms with E-state index in [-0.39, 0.29) is 18.1 Å². The van der Waals surface area contributed by atoms with Crippen molar-refractivity contribution in [3.05, 3.63) is 35.4 Å². The summed E-state index contributed by atoms with van der Waals surface area (Å²) in [6.45, 7) is 6.06. The number of halogens is 1. The zero-order valence-electron chi connectivity index (χ0n) is 11.6. The standard InChI is InChI=1S/C15H20BrNO2/c1-4-15(9-10-18)12-8-6-5-7-11(12)14(2,3)17(16)13(15)19/h5-8,18H,4,9-10H2,1-3H3. The van der Waals surface area contributed by atoms with Crippen molar-refractivity contribution in [2.24, 2.45) is 0 Å². The first-order valence-corrected chi connectivity index (χ1v) is 7.34. The van der Waals surface area contributed by atoms with Crippen LogP contribution in [0.25, 0.3) is 0 Å². The van der Waals surface area contributed by atoms with Gasteiger partial charge in [0.25, 0.3) is 0 Å². The van der Waals surface area contributed by atoms with Gasteiger partial charge in [-0.3, -0.25) is 8.72 Å². The largest absolute Gasteiger partial charge is 0.396 e. The Labute approximate surface area is 123 Å². The van der Waals surface area contributed by atoms with Crippen molar-refractivity contribution < 1.29 is 9.90 Å². The van der Waals surface area contributed by atoms with Crippen LogP contribution in [0, 0.1) is 0 Å². The molecule has 1 aliphatic heterocycles. The van der Waals surface area contributed by atoms with Gasteiger partial charge in [0.05, 0.1) is 27.1 Å². The minimum Gasteiger partial charge on any atom is -0.396 e. The number of carbonyl (C=O) groups excluding carboxylic acids is 1. The van der Waals surface area contributed by atoms with Gasteiger partial charge in [-0.05, 0) is 37.8 Å². The molecule has 4 heteroatoms. The van der Waals surface area contributed by atoms with E-state index < -0.39 is 5.41 Å². The highest BCUT2D eigenvalue weighted by Gasteiger charge is 2.51. The molecule has 2 rings (SSSR count). The summed E-state index contributed by atoms with van der Waals surface area (Å²) in [5.74, 6) is 0.0350. The van der Waals surface area contributed by atoms with Crippen LogP contribution < -0.4 is 0 Å². The van der Waals surface area contributed by atoms with Crippen molar-refractivity contribution in [2.45, 2.75) is 44.6 Å². The Morgan fingerprint density at radius 2 is 1.84 bits per heavy atom. The summed E-state index contributed by atoms with van der Waals surface area (Å²) in [4.78, 5) is 12.8. The molecule has 1 aromatic carbocycles. The van der Waals surface area contributed by atoms with E-state index >= 15 is 0 Å². The van der Waals surface area contributed by atoms with Gasteiger partial charge < -0.3 is 5.11 Å². The maximum absolute atomic E-state index is 12.8. The Morgan fingerprint density at radius 1 is 1.26 bits per heavy atom. The second kappa shape index (κ2) is 4.91. The van der Waals surface area contributed by atoms with E-state index in [2.05, 4.69) is 22.2 Å². The van der Waals surface area contributed by atoms with Crippen molar-refractivity contribution in [3.63, 3.8) is 0 Å². The van der Waals surface area contributed by atoms with Gasteiger partial charge in [-0.2, -0.15) is 0 Å². The number of carbonyl (C=O) groups is 1. The molecule has 1 aliphatic rings. The van der Waals surface area contributed by atoms with Gasteiger partial charge in [0.2, 0.25) is 5.91 Å². The van der Waals surface area contributed by atoms with Crippen molar-refractivity contribution in [3.8, 4) is 0 Å². The summed E-state index contributed by atoms with van der Waals surface area (Å²) >= 11 is 3.43. The maximum atomic E-state index is 12.8. The molecular formula is C15H20BrNO2. The molecule has 19 heavy (non-hydrogen) atoms. The second-order valence-corrected chi connectivity index (χ2v) is 6.31. The lowest BCUT2D eigenvalue weighted by Crippen LogP contribution is -2.55. The molecule has 3 nitrogen and oxygen atoms in total. The number of aliphatic hydroxyl groups excluding tert-OH is 1. The summed E-state index contributed by atoms with van der Waals surface area (Å²) < 4.78 is 1.64. The first kappa shape index (κ1) is 14.5. The molecular weight excluding hydrogens is 306 g/mol. The fourth-order valence-corrected chi connectivity index (χ4v) is 3.58. The monoisotopic (exact) mass is 325 g/mol. The van der Waals surface area contributed by atoms with Gasteiger partial charge in [-0.25, -0.2) is 0 Å². The summed E-state index contributed by atoms with van der Waals surface area (Å²) in [5, 5.41) is 9.39. The topological polar surface area (TPSA) is 40.5 Å². The summed E-state index contributed by atoms with van der Waals surface area (Å²) in [5.41, 5.74) is 1.19. The van der Waals surface area contributed by atoms with Crippen molar-refractivity contribution in [1.82, 2.24) is 3.93 Å². The molecule has 1 unspecified atom stereocenters. The van der Waals surface area contributed by atoms with E-state index in [0.717, 1.165) is 11.1 Å². The third-order valence-electron chi connectivity index (χ3n) is 4.32. The number of rotatable bonds is 3. The number of nitrogens with zero attached hydrogens (tertiary/aromatic N) is 1. The Bertz CT molecular complexity index is 501. The fourth-order valence-electron chi connectivity index (χ4n) is 3.05. The van der Waals surface area contributed by atoms with Crippen LogP contribution in [0.1, 0.15) is 44.7 Å². The van der Waals surface area contributed by atoms with Crippen molar-refractivity contribution in [1.29, 1.82) is 0 Å². The Balaban J connectivity index is 2.73. The Kier molecular flexibility index (Phi) is 3.76. The molecule has 104 valence electrons. The molecule has 0 saturated heterocycles. The Hall–Kier alpha value is -0.870. The Morgan fingerprint density at radius 3 is 2.37 bits per heavy atom. The zero-order valence-corrected chi connectivity index (χ0v) is 13.2. The van der Waals surface area contributed by atoms with Gasteiger partial charge in [0.1, 0.15) is 0 Å². The predicted octanol–water partition coefficient (Wildman–Crippen LogP) is 3.10. The summed E-state index contributed by atoms with van der Waals surface area (Å²) in [6.07, 6.45) is 1.14. The van der Waals surface area contributed by atoms with Gasteiger partial charge in [-0.1, -0.05) is 31.2 Å². The van der Waals surface area contributed by atoms with Crippen LogP contribution in [-0.2, 0) is 15.7 Å². The number of hydrogen-bond donors (Lipinski definition) is 1. The number of hydrogen-bond acceptors (Lipinski definition) is 2.